The zero-order chi connectivity index (χ0) is 36.8. The van der Waals surface area contributed by atoms with Gasteiger partial charge in [0, 0.05) is 0 Å². The third-order valence-electron chi connectivity index (χ3n) is 16.1. The highest BCUT2D eigenvalue weighted by molar-refractivity contribution is 5.52. The Balaban J connectivity index is 0.952. The fourth-order valence-electron chi connectivity index (χ4n) is 14.1. The van der Waals surface area contributed by atoms with Crippen molar-refractivity contribution in [2.45, 2.75) is 148 Å². The molecule has 0 amide bonds. The molecule has 3 N–H and O–H groups in total. The van der Waals surface area contributed by atoms with Gasteiger partial charge in [-0.15, -0.1) is 0 Å². The van der Waals surface area contributed by atoms with Gasteiger partial charge in [-0.25, -0.2) is 0 Å². The quantitative estimate of drug-likeness (QED) is 0.254. The van der Waals surface area contributed by atoms with Crippen molar-refractivity contribution in [3.63, 3.8) is 0 Å². The molecule has 0 saturated heterocycles. The zero-order valence-electron chi connectivity index (χ0n) is 33.4. The van der Waals surface area contributed by atoms with E-state index in [4.69, 9.17) is 0 Å². The van der Waals surface area contributed by atoms with Crippen LogP contribution in [0.15, 0.2) is 36.4 Å². The zero-order valence-corrected chi connectivity index (χ0v) is 33.4. The maximum absolute atomic E-state index is 12.3. The SMILES string of the molecule is Cc1cc(C2CC3C4CC(c5cc(C)cc(C(C)(C)C)c5O)C(C4)C3C2)c(O)c(C2CC3CC2C2CC(c4cc(C)cc(C(C)(C)C)c4O)CC32)c1. The summed E-state index contributed by atoms with van der Waals surface area (Å²) in [6.45, 7) is 19.9. The van der Waals surface area contributed by atoms with Gasteiger partial charge < -0.3 is 15.3 Å². The van der Waals surface area contributed by atoms with Gasteiger partial charge in [0.25, 0.3) is 0 Å². The summed E-state index contributed by atoms with van der Waals surface area (Å²) >= 11 is 0. The Hall–Kier alpha value is -2.94. The van der Waals surface area contributed by atoms with Crippen molar-refractivity contribution in [3.05, 3.63) is 86.5 Å². The minimum absolute atomic E-state index is 0.0801. The lowest BCUT2D eigenvalue weighted by Crippen LogP contribution is -2.24. The summed E-state index contributed by atoms with van der Waals surface area (Å²) in [4.78, 5) is 0. The summed E-state index contributed by atoms with van der Waals surface area (Å²) < 4.78 is 0. The fraction of sp³-hybridized carbons (Fsp3) is 0.633. The van der Waals surface area contributed by atoms with Gasteiger partial charge >= 0.3 is 0 Å². The first-order chi connectivity index (χ1) is 24.5. The van der Waals surface area contributed by atoms with Crippen molar-refractivity contribution in [2.24, 2.45) is 47.3 Å². The number of hydrogen-bond donors (Lipinski definition) is 3. The molecular weight excluding hydrogens is 637 g/mol. The van der Waals surface area contributed by atoms with E-state index in [2.05, 4.69) is 98.7 Å². The summed E-state index contributed by atoms with van der Waals surface area (Å²) in [6.07, 6.45) is 9.80. The molecule has 52 heavy (non-hydrogen) atoms. The number of aromatic hydroxyl groups is 3. The lowest BCUT2D eigenvalue weighted by molar-refractivity contribution is 0.229. The third kappa shape index (κ3) is 5.31. The molecule has 9 rings (SSSR count). The molecule has 12 unspecified atom stereocenters. The largest absolute Gasteiger partial charge is 0.507 e. The van der Waals surface area contributed by atoms with Crippen LogP contribution >= 0.6 is 0 Å². The van der Waals surface area contributed by atoms with Crippen LogP contribution in [0.2, 0.25) is 0 Å². The summed E-state index contributed by atoms with van der Waals surface area (Å²) in [5.74, 6) is 9.08. The Labute approximate surface area is 313 Å². The van der Waals surface area contributed by atoms with E-state index in [-0.39, 0.29) is 10.8 Å². The van der Waals surface area contributed by atoms with Gasteiger partial charge in [0.05, 0.1) is 0 Å². The van der Waals surface area contributed by atoms with E-state index in [0.29, 0.717) is 64.6 Å². The summed E-state index contributed by atoms with van der Waals surface area (Å²) in [6, 6.07) is 13.6. The predicted octanol–water partition coefficient (Wildman–Crippen LogP) is 12.2. The number of hydrogen-bond acceptors (Lipinski definition) is 3. The Morgan fingerprint density at radius 2 is 0.750 bits per heavy atom. The number of benzene rings is 3. The molecule has 3 aromatic rings. The van der Waals surface area contributed by atoms with Crippen LogP contribution in [-0.2, 0) is 10.8 Å². The minimum atomic E-state index is -0.0802. The molecule has 278 valence electrons. The summed E-state index contributed by atoms with van der Waals surface area (Å²) in [5, 5.41) is 35.4. The van der Waals surface area contributed by atoms with E-state index >= 15 is 0 Å². The lowest BCUT2D eigenvalue weighted by atomic mass is 9.71. The number of aryl methyl sites for hydroxylation is 3. The highest BCUT2D eigenvalue weighted by Gasteiger charge is 2.59. The van der Waals surface area contributed by atoms with E-state index in [1.165, 1.54) is 90.3 Å². The molecule has 0 spiro atoms. The molecule has 0 radical (unpaired) electrons. The summed E-state index contributed by atoms with van der Waals surface area (Å²) in [5.41, 5.74) is 10.7. The van der Waals surface area contributed by atoms with Gasteiger partial charge in [0.1, 0.15) is 17.2 Å². The molecule has 3 nitrogen and oxygen atoms in total. The Morgan fingerprint density at radius 1 is 0.404 bits per heavy atom. The second-order valence-corrected chi connectivity index (χ2v) is 21.3. The van der Waals surface area contributed by atoms with Crippen LogP contribution in [0.4, 0.5) is 0 Å². The number of phenols is 3. The third-order valence-corrected chi connectivity index (χ3v) is 16.1. The smallest absolute Gasteiger partial charge is 0.122 e. The molecule has 0 aromatic heterocycles. The van der Waals surface area contributed by atoms with Crippen molar-refractivity contribution in [2.75, 3.05) is 0 Å². The Bertz CT molecular complexity index is 1920. The van der Waals surface area contributed by atoms with Crippen molar-refractivity contribution in [1.82, 2.24) is 0 Å². The normalized spacial score (nSPS) is 36.2. The van der Waals surface area contributed by atoms with Crippen LogP contribution in [0.5, 0.6) is 17.2 Å². The van der Waals surface area contributed by atoms with E-state index in [0.717, 1.165) is 34.8 Å². The topological polar surface area (TPSA) is 60.7 Å². The van der Waals surface area contributed by atoms with Gasteiger partial charge in [-0.3, -0.25) is 0 Å². The second-order valence-electron chi connectivity index (χ2n) is 21.3. The maximum Gasteiger partial charge on any atom is 0.122 e. The average Bonchev–Trinajstić information content (AvgIpc) is 3.90. The minimum Gasteiger partial charge on any atom is -0.507 e. The lowest BCUT2D eigenvalue weighted by Gasteiger charge is -2.33. The van der Waals surface area contributed by atoms with E-state index in [1.54, 1.807) is 0 Å². The van der Waals surface area contributed by atoms with Gasteiger partial charge in [-0.2, -0.15) is 0 Å². The number of rotatable bonds is 4. The molecule has 0 heterocycles. The molecule has 0 aliphatic heterocycles. The van der Waals surface area contributed by atoms with Crippen molar-refractivity contribution < 1.29 is 15.3 Å². The monoisotopic (exact) mass is 700 g/mol. The van der Waals surface area contributed by atoms with Crippen LogP contribution in [-0.4, -0.2) is 15.3 Å². The molecule has 3 heteroatoms. The molecule has 4 bridgehead atoms. The average molecular weight is 701 g/mol. The summed E-state index contributed by atoms with van der Waals surface area (Å²) in [7, 11) is 0. The van der Waals surface area contributed by atoms with Gasteiger partial charge in [-0.1, -0.05) is 94.6 Å². The van der Waals surface area contributed by atoms with E-state index in [1.807, 2.05) is 0 Å². The van der Waals surface area contributed by atoms with Crippen LogP contribution in [0.3, 0.4) is 0 Å². The number of fused-ring (bicyclic) bond motifs is 10. The first-order valence-corrected chi connectivity index (χ1v) is 21.0. The van der Waals surface area contributed by atoms with Crippen molar-refractivity contribution >= 4 is 0 Å². The van der Waals surface area contributed by atoms with Crippen molar-refractivity contribution in [3.8, 4) is 17.2 Å². The molecule has 3 aromatic carbocycles. The number of phenolic OH excluding ortho intramolecular Hbond substituents is 3. The maximum atomic E-state index is 12.3. The van der Waals surface area contributed by atoms with E-state index < -0.39 is 0 Å². The van der Waals surface area contributed by atoms with Crippen molar-refractivity contribution in [1.29, 1.82) is 0 Å². The molecular formula is C49H64O3. The predicted molar refractivity (Wildman–Crippen MR) is 212 cm³/mol. The molecule has 12 atom stereocenters. The first kappa shape index (κ1) is 34.8. The fourth-order valence-corrected chi connectivity index (χ4v) is 14.1. The first-order valence-electron chi connectivity index (χ1n) is 21.0. The second kappa shape index (κ2) is 11.8. The van der Waals surface area contributed by atoms with Crippen LogP contribution in [0, 0.1) is 68.1 Å². The molecule has 6 saturated carbocycles. The van der Waals surface area contributed by atoms with Gasteiger partial charge in [-0.05, 0) is 187 Å². The highest BCUT2D eigenvalue weighted by Crippen LogP contribution is 2.69. The highest BCUT2D eigenvalue weighted by atomic mass is 16.3. The van der Waals surface area contributed by atoms with Crippen LogP contribution in [0.1, 0.15) is 167 Å². The van der Waals surface area contributed by atoms with Crippen LogP contribution in [0.25, 0.3) is 0 Å². The molecule has 6 aliphatic carbocycles. The molecule has 6 fully saturated rings. The van der Waals surface area contributed by atoms with E-state index in [9.17, 15) is 15.3 Å². The molecule has 6 aliphatic rings. The van der Waals surface area contributed by atoms with Gasteiger partial charge in [0.15, 0.2) is 0 Å². The van der Waals surface area contributed by atoms with Crippen LogP contribution < -0.4 is 0 Å². The Kier molecular flexibility index (Phi) is 7.88. The van der Waals surface area contributed by atoms with Gasteiger partial charge in [0.2, 0.25) is 0 Å². The standard InChI is InChI=1S/C49H64O3/c1-24-10-33(29-16-31-28-19-38(35(31)22-29)40(21-28)42-13-26(3)15-44(47(42)52)49(7,8)9)45(50)41(12-24)39-20-27-18-37(39)36-23-30(17-32(27)36)34-11-25(2)14-43(46(34)51)48(4,5)6/h10-15,27-32,35-40,50-52H,16-23H2,1-9H3. The Morgan fingerprint density at radius 3 is 1.19 bits per heavy atom.